The Morgan fingerprint density at radius 2 is 1.82 bits per heavy atom. The molecule has 3 rings (SSSR count). The van der Waals surface area contributed by atoms with Crippen molar-refractivity contribution in [2.24, 2.45) is 0 Å². The van der Waals surface area contributed by atoms with Gasteiger partial charge in [0.2, 0.25) is 0 Å². The van der Waals surface area contributed by atoms with E-state index in [0.717, 1.165) is 5.56 Å². The maximum Gasteiger partial charge on any atom is 0.258 e. The van der Waals surface area contributed by atoms with Crippen molar-refractivity contribution in [1.82, 2.24) is 9.97 Å². The number of carbonyl (C=O) groups excluding carboxylic acids is 1. The summed E-state index contributed by atoms with van der Waals surface area (Å²) in [7, 11) is 0. The topological polar surface area (TPSA) is 46.1 Å². The normalized spacial score (nSPS) is 10.7. The van der Waals surface area contributed by atoms with E-state index in [1.165, 1.54) is 22.3 Å². The van der Waals surface area contributed by atoms with E-state index in [9.17, 15) is 4.79 Å². The molecule has 0 aliphatic carbocycles. The van der Waals surface area contributed by atoms with Crippen molar-refractivity contribution in [2.45, 2.75) is 0 Å². The van der Waals surface area contributed by atoms with Gasteiger partial charge < -0.3 is 0 Å². The minimum absolute atomic E-state index is 0.183. The van der Waals surface area contributed by atoms with E-state index >= 15 is 0 Å². The van der Waals surface area contributed by atoms with Crippen molar-refractivity contribution >= 4 is 34.3 Å². The van der Waals surface area contributed by atoms with Gasteiger partial charge in [-0.25, -0.2) is 14.9 Å². The molecule has 4 nitrogen and oxygen atoms in total. The molecule has 2 aromatic heterocycles. The molecule has 0 saturated heterocycles. The molecule has 0 unspecified atom stereocenters. The molecule has 0 bridgehead atoms. The largest absolute Gasteiger partial charge is 0.269 e. The number of benzene rings is 1. The highest BCUT2D eigenvalue weighted by Crippen LogP contribution is 2.25. The highest BCUT2D eigenvalue weighted by Gasteiger charge is 2.18. The van der Waals surface area contributed by atoms with Gasteiger partial charge in [0.25, 0.3) is 5.91 Å². The van der Waals surface area contributed by atoms with Crippen molar-refractivity contribution in [1.29, 1.82) is 0 Å². The Morgan fingerprint density at radius 3 is 2.50 bits per heavy atom. The molecule has 0 spiro atoms. The molecule has 1 amide bonds. The van der Waals surface area contributed by atoms with Crippen LogP contribution in [-0.2, 0) is 4.79 Å². The van der Waals surface area contributed by atoms with Crippen LogP contribution in [0.2, 0.25) is 0 Å². The van der Waals surface area contributed by atoms with Gasteiger partial charge in [0.05, 0.1) is 0 Å². The summed E-state index contributed by atoms with van der Waals surface area (Å²) in [5.41, 5.74) is 0.968. The molecular formula is C17H13N3OS. The SMILES string of the molecule is O=C(/C=C/c1ccccc1)N(c1ccccn1)c1nccs1. The Morgan fingerprint density at radius 1 is 1.00 bits per heavy atom. The van der Waals surface area contributed by atoms with Crippen molar-refractivity contribution in [3.8, 4) is 0 Å². The molecule has 0 fully saturated rings. The second-order valence-corrected chi connectivity index (χ2v) is 5.29. The average molecular weight is 307 g/mol. The van der Waals surface area contributed by atoms with E-state index in [4.69, 9.17) is 0 Å². The number of rotatable bonds is 4. The second kappa shape index (κ2) is 6.78. The summed E-state index contributed by atoms with van der Waals surface area (Å²) >= 11 is 1.40. The first kappa shape index (κ1) is 14.2. The lowest BCUT2D eigenvalue weighted by Crippen LogP contribution is -2.24. The van der Waals surface area contributed by atoms with E-state index in [-0.39, 0.29) is 5.91 Å². The predicted octanol–water partition coefficient (Wildman–Crippen LogP) is 3.92. The van der Waals surface area contributed by atoms with Gasteiger partial charge in [-0.15, -0.1) is 11.3 Å². The molecule has 5 heteroatoms. The number of thiazole rings is 1. The third-order valence-corrected chi connectivity index (χ3v) is 3.68. The molecule has 0 N–H and O–H groups in total. The molecular weight excluding hydrogens is 294 g/mol. The Kier molecular flexibility index (Phi) is 4.36. The third-order valence-electron chi connectivity index (χ3n) is 2.93. The molecule has 0 aliphatic rings. The smallest absolute Gasteiger partial charge is 0.258 e. The van der Waals surface area contributed by atoms with Crippen LogP contribution in [0.15, 0.2) is 72.4 Å². The van der Waals surface area contributed by atoms with E-state index in [0.29, 0.717) is 10.9 Å². The van der Waals surface area contributed by atoms with Crippen molar-refractivity contribution in [2.75, 3.05) is 4.90 Å². The van der Waals surface area contributed by atoms with Crippen LogP contribution in [0.5, 0.6) is 0 Å². The van der Waals surface area contributed by atoms with Crippen LogP contribution in [0.3, 0.4) is 0 Å². The fraction of sp³-hybridized carbons (Fsp3) is 0. The molecule has 0 aliphatic heterocycles. The molecule has 22 heavy (non-hydrogen) atoms. The minimum atomic E-state index is -0.183. The number of carbonyl (C=O) groups is 1. The number of amides is 1. The van der Waals surface area contributed by atoms with Gasteiger partial charge >= 0.3 is 0 Å². The molecule has 0 radical (unpaired) electrons. The zero-order chi connectivity index (χ0) is 15.2. The van der Waals surface area contributed by atoms with Gasteiger partial charge in [-0.1, -0.05) is 36.4 Å². The fourth-order valence-corrected chi connectivity index (χ4v) is 2.58. The van der Waals surface area contributed by atoms with Crippen molar-refractivity contribution < 1.29 is 4.79 Å². The van der Waals surface area contributed by atoms with Crippen LogP contribution in [0.4, 0.5) is 10.9 Å². The summed E-state index contributed by atoms with van der Waals surface area (Å²) in [6.45, 7) is 0. The van der Waals surface area contributed by atoms with Crippen LogP contribution in [0.25, 0.3) is 6.08 Å². The Bertz CT molecular complexity index is 755. The third kappa shape index (κ3) is 3.27. The number of nitrogens with zero attached hydrogens (tertiary/aromatic N) is 3. The molecule has 0 atom stereocenters. The van der Waals surface area contributed by atoms with Crippen LogP contribution < -0.4 is 4.90 Å². The summed E-state index contributed by atoms with van der Waals surface area (Å²) in [6, 6.07) is 15.1. The van der Waals surface area contributed by atoms with Gasteiger partial charge in [0, 0.05) is 23.8 Å². The van der Waals surface area contributed by atoms with E-state index in [1.807, 2.05) is 47.8 Å². The lowest BCUT2D eigenvalue weighted by Gasteiger charge is -2.16. The monoisotopic (exact) mass is 307 g/mol. The zero-order valence-electron chi connectivity index (χ0n) is 11.7. The van der Waals surface area contributed by atoms with Crippen LogP contribution in [0, 0.1) is 0 Å². The Labute approximate surface area is 132 Å². The molecule has 108 valence electrons. The standard InChI is InChI=1S/C17H13N3OS/c21-16(10-9-14-6-2-1-3-7-14)20(17-19-12-13-22-17)15-8-4-5-11-18-15/h1-13H/b10-9+. The molecule has 1 aromatic carbocycles. The lowest BCUT2D eigenvalue weighted by molar-refractivity contribution is -0.113. The summed E-state index contributed by atoms with van der Waals surface area (Å²) < 4.78 is 0. The second-order valence-electron chi connectivity index (χ2n) is 4.42. The van der Waals surface area contributed by atoms with Crippen LogP contribution >= 0.6 is 11.3 Å². The number of anilines is 2. The predicted molar refractivity (Wildman–Crippen MR) is 89.0 cm³/mol. The van der Waals surface area contributed by atoms with Crippen LogP contribution in [0.1, 0.15) is 5.56 Å². The Balaban J connectivity index is 1.90. The fourth-order valence-electron chi connectivity index (χ4n) is 1.92. The summed E-state index contributed by atoms with van der Waals surface area (Å²) in [5, 5.41) is 2.43. The lowest BCUT2D eigenvalue weighted by atomic mass is 10.2. The quantitative estimate of drug-likeness (QED) is 0.686. The van der Waals surface area contributed by atoms with Crippen molar-refractivity contribution in [3.05, 3.63) is 77.9 Å². The summed E-state index contributed by atoms with van der Waals surface area (Å²) in [6.07, 6.45) is 6.64. The average Bonchev–Trinajstić information content (AvgIpc) is 3.09. The van der Waals surface area contributed by atoms with Gasteiger partial charge in [-0.05, 0) is 23.8 Å². The highest BCUT2D eigenvalue weighted by atomic mass is 32.1. The number of hydrogen-bond donors (Lipinski definition) is 0. The zero-order valence-corrected chi connectivity index (χ0v) is 12.5. The summed E-state index contributed by atoms with van der Waals surface area (Å²) in [5.74, 6) is 0.373. The maximum absolute atomic E-state index is 12.6. The van der Waals surface area contributed by atoms with E-state index < -0.39 is 0 Å². The first-order valence-electron chi connectivity index (χ1n) is 6.72. The van der Waals surface area contributed by atoms with Gasteiger partial charge in [0.15, 0.2) is 5.13 Å². The molecule has 0 saturated carbocycles. The van der Waals surface area contributed by atoms with Crippen LogP contribution in [-0.4, -0.2) is 15.9 Å². The minimum Gasteiger partial charge on any atom is -0.269 e. The highest BCUT2D eigenvalue weighted by molar-refractivity contribution is 7.13. The first-order chi connectivity index (χ1) is 10.8. The van der Waals surface area contributed by atoms with Gasteiger partial charge in [-0.3, -0.25) is 4.79 Å². The van der Waals surface area contributed by atoms with E-state index in [1.54, 1.807) is 24.5 Å². The van der Waals surface area contributed by atoms with E-state index in [2.05, 4.69) is 9.97 Å². The number of aromatic nitrogens is 2. The van der Waals surface area contributed by atoms with Gasteiger partial charge in [0.1, 0.15) is 5.82 Å². The number of hydrogen-bond acceptors (Lipinski definition) is 4. The van der Waals surface area contributed by atoms with Crippen molar-refractivity contribution in [3.63, 3.8) is 0 Å². The number of pyridine rings is 1. The Hall–Kier alpha value is -2.79. The summed E-state index contributed by atoms with van der Waals surface area (Å²) in [4.78, 5) is 22.6. The molecule has 2 heterocycles. The molecule has 3 aromatic rings. The maximum atomic E-state index is 12.6. The van der Waals surface area contributed by atoms with Gasteiger partial charge in [-0.2, -0.15) is 0 Å². The first-order valence-corrected chi connectivity index (χ1v) is 7.60.